The first-order chi connectivity index (χ1) is 13.1. The van der Waals surface area contributed by atoms with Crippen LogP contribution in [0.1, 0.15) is 59.3 Å². The highest BCUT2D eigenvalue weighted by atomic mass is 16.6. The van der Waals surface area contributed by atoms with Gasteiger partial charge in [0.05, 0.1) is 6.61 Å². The molecule has 0 bridgehead atoms. The molecule has 0 amide bonds. The Bertz CT molecular complexity index is 354. The zero-order valence-electron chi connectivity index (χ0n) is 17.3. The van der Waals surface area contributed by atoms with Gasteiger partial charge in [0.25, 0.3) is 0 Å². The van der Waals surface area contributed by atoms with E-state index in [1.54, 1.807) is 6.08 Å². The van der Waals surface area contributed by atoms with E-state index in [1.807, 2.05) is 0 Å². The molecular weight excluding hydrogens is 348 g/mol. The highest BCUT2D eigenvalue weighted by molar-refractivity contribution is 5.02. The Balaban J connectivity index is 2.98. The first-order valence-corrected chi connectivity index (χ1v) is 10.6. The third kappa shape index (κ3) is 7.80. The van der Waals surface area contributed by atoms with E-state index in [-0.39, 0.29) is 6.61 Å². The zero-order chi connectivity index (χ0) is 20.1. The van der Waals surface area contributed by atoms with Gasteiger partial charge in [0.2, 0.25) is 0 Å². The fourth-order valence-electron chi connectivity index (χ4n) is 3.20. The van der Waals surface area contributed by atoms with Crippen LogP contribution in [0.2, 0.25) is 0 Å². The van der Waals surface area contributed by atoms with Crippen molar-refractivity contribution in [2.45, 2.75) is 95.9 Å². The van der Waals surface area contributed by atoms with Crippen LogP contribution in [0.5, 0.6) is 0 Å². The van der Waals surface area contributed by atoms with E-state index in [9.17, 15) is 10.2 Å². The summed E-state index contributed by atoms with van der Waals surface area (Å²) in [7, 11) is 0. The number of aliphatic hydroxyl groups is 2. The summed E-state index contributed by atoms with van der Waals surface area (Å²) in [5, 5.41) is 21.7. The van der Waals surface area contributed by atoms with Crippen molar-refractivity contribution in [3.63, 3.8) is 0 Å². The number of unbranched alkanes of at least 4 members (excludes halogenated alkanes) is 3. The lowest BCUT2D eigenvalue weighted by Crippen LogP contribution is -2.66. The lowest BCUT2D eigenvalue weighted by molar-refractivity contribution is -0.263. The summed E-state index contributed by atoms with van der Waals surface area (Å²) >= 11 is 0. The Hall–Kier alpha value is -0.500. The van der Waals surface area contributed by atoms with Gasteiger partial charge >= 0.3 is 0 Å². The van der Waals surface area contributed by atoms with Gasteiger partial charge in [-0.2, -0.15) is 0 Å². The minimum atomic E-state index is -0.991. The van der Waals surface area contributed by atoms with E-state index in [0.29, 0.717) is 19.8 Å². The summed E-state index contributed by atoms with van der Waals surface area (Å²) in [4.78, 5) is 0. The first-order valence-electron chi connectivity index (χ1n) is 10.6. The van der Waals surface area contributed by atoms with E-state index in [4.69, 9.17) is 18.9 Å². The Morgan fingerprint density at radius 2 is 1.07 bits per heavy atom. The van der Waals surface area contributed by atoms with Crippen molar-refractivity contribution < 1.29 is 29.2 Å². The topological polar surface area (TPSA) is 77.4 Å². The summed E-state index contributed by atoms with van der Waals surface area (Å²) in [6, 6.07) is 0. The molecule has 6 heteroatoms. The fraction of sp³-hybridized carbons (Fsp3) is 0.905. The molecule has 0 saturated heterocycles. The van der Waals surface area contributed by atoms with Crippen molar-refractivity contribution in [2.75, 3.05) is 26.4 Å². The van der Waals surface area contributed by atoms with Crippen molar-refractivity contribution in [1.82, 2.24) is 0 Å². The molecule has 1 saturated carbocycles. The molecule has 0 heterocycles. The number of ether oxygens (including phenoxy) is 4. The van der Waals surface area contributed by atoms with Gasteiger partial charge in [-0.25, -0.2) is 0 Å². The van der Waals surface area contributed by atoms with Crippen LogP contribution in [-0.4, -0.2) is 73.3 Å². The molecule has 0 spiro atoms. The molecule has 0 aliphatic heterocycles. The van der Waals surface area contributed by atoms with Crippen LogP contribution in [0.3, 0.4) is 0 Å². The Morgan fingerprint density at radius 1 is 0.667 bits per heavy atom. The van der Waals surface area contributed by atoms with E-state index in [1.165, 1.54) is 0 Å². The second-order valence-corrected chi connectivity index (χ2v) is 7.13. The predicted molar refractivity (Wildman–Crippen MR) is 106 cm³/mol. The van der Waals surface area contributed by atoms with Crippen LogP contribution in [-0.2, 0) is 18.9 Å². The molecule has 0 radical (unpaired) electrons. The maximum Gasteiger partial charge on any atom is 0.115 e. The molecular formula is C21H40O6. The molecule has 2 N–H and O–H groups in total. The number of rotatable bonds is 15. The maximum absolute atomic E-state index is 10.9. The standard InChI is InChI=1S/C21H40O6/c1-5-9-13-25-19-16(22)18(24-12-8-4)17(23)20(26-14-10-6-2)21(19)27-15-11-7-3/h8,16-23H,4-7,9-15H2,1-3H3. The van der Waals surface area contributed by atoms with Crippen LogP contribution in [0.25, 0.3) is 0 Å². The minimum Gasteiger partial charge on any atom is -0.387 e. The van der Waals surface area contributed by atoms with Gasteiger partial charge in [-0.3, -0.25) is 0 Å². The molecule has 4 atom stereocenters. The second kappa shape index (κ2) is 14.5. The molecule has 6 nitrogen and oxygen atoms in total. The molecule has 27 heavy (non-hydrogen) atoms. The average Bonchev–Trinajstić information content (AvgIpc) is 2.66. The van der Waals surface area contributed by atoms with Crippen molar-refractivity contribution in [2.24, 2.45) is 0 Å². The second-order valence-electron chi connectivity index (χ2n) is 7.13. The monoisotopic (exact) mass is 388 g/mol. The van der Waals surface area contributed by atoms with Crippen LogP contribution in [0.15, 0.2) is 12.7 Å². The molecule has 1 fully saturated rings. The SMILES string of the molecule is C=CCOC1C(O)C(OCCCC)C(OCCCC)C(OCCCC)C1O. The van der Waals surface area contributed by atoms with E-state index in [2.05, 4.69) is 27.4 Å². The van der Waals surface area contributed by atoms with Crippen molar-refractivity contribution in [3.8, 4) is 0 Å². The minimum absolute atomic E-state index is 0.240. The van der Waals surface area contributed by atoms with Crippen LogP contribution < -0.4 is 0 Å². The molecule has 0 aromatic rings. The maximum atomic E-state index is 10.9. The molecule has 4 unspecified atom stereocenters. The van der Waals surface area contributed by atoms with Gasteiger partial charge in [-0.05, 0) is 19.3 Å². The van der Waals surface area contributed by atoms with Crippen LogP contribution >= 0.6 is 0 Å². The Morgan fingerprint density at radius 3 is 1.44 bits per heavy atom. The third-order valence-electron chi connectivity index (χ3n) is 4.83. The molecule has 160 valence electrons. The quantitative estimate of drug-likeness (QED) is 0.332. The third-order valence-corrected chi connectivity index (χ3v) is 4.83. The first kappa shape index (κ1) is 24.5. The fourth-order valence-corrected chi connectivity index (χ4v) is 3.20. The average molecular weight is 389 g/mol. The lowest BCUT2D eigenvalue weighted by Gasteiger charge is -2.46. The van der Waals surface area contributed by atoms with Crippen molar-refractivity contribution in [1.29, 1.82) is 0 Å². The predicted octanol–water partition coefficient (Wildman–Crippen LogP) is 2.85. The largest absolute Gasteiger partial charge is 0.387 e. The van der Waals surface area contributed by atoms with Gasteiger partial charge in [0.1, 0.15) is 36.6 Å². The van der Waals surface area contributed by atoms with E-state index >= 15 is 0 Å². The molecule has 0 aromatic heterocycles. The Kier molecular flexibility index (Phi) is 13.2. The smallest absolute Gasteiger partial charge is 0.115 e. The molecule has 0 aromatic carbocycles. The zero-order valence-corrected chi connectivity index (χ0v) is 17.3. The van der Waals surface area contributed by atoms with Crippen LogP contribution in [0, 0.1) is 0 Å². The normalized spacial score (nSPS) is 31.1. The summed E-state index contributed by atoms with van der Waals surface area (Å²) in [5.74, 6) is 0. The van der Waals surface area contributed by atoms with Gasteiger partial charge in [-0.15, -0.1) is 6.58 Å². The molecule has 1 rings (SSSR count). The lowest BCUT2D eigenvalue weighted by atomic mass is 9.84. The number of aliphatic hydroxyl groups excluding tert-OH is 2. The highest BCUT2D eigenvalue weighted by Crippen LogP contribution is 2.30. The molecule has 1 aliphatic rings. The summed E-state index contributed by atoms with van der Waals surface area (Å²) in [5.41, 5.74) is 0. The molecule has 1 aliphatic carbocycles. The van der Waals surface area contributed by atoms with Gasteiger partial charge in [0, 0.05) is 19.8 Å². The van der Waals surface area contributed by atoms with E-state index in [0.717, 1.165) is 38.5 Å². The van der Waals surface area contributed by atoms with E-state index < -0.39 is 36.6 Å². The van der Waals surface area contributed by atoms with Crippen LogP contribution in [0.4, 0.5) is 0 Å². The van der Waals surface area contributed by atoms with Crippen molar-refractivity contribution >= 4 is 0 Å². The van der Waals surface area contributed by atoms with Gasteiger partial charge in [0.15, 0.2) is 0 Å². The van der Waals surface area contributed by atoms with Gasteiger partial charge in [-0.1, -0.05) is 46.1 Å². The highest BCUT2D eigenvalue weighted by Gasteiger charge is 2.52. The number of hydrogen-bond acceptors (Lipinski definition) is 6. The summed E-state index contributed by atoms with van der Waals surface area (Å²) < 4.78 is 23.7. The Labute approximate surface area is 164 Å². The van der Waals surface area contributed by atoms with Crippen molar-refractivity contribution in [3.05, 3.63) is 12.7 Å². The number of hydrogen-bond donors (Lipinski definition) is 2. The summed E-state index contributed by atoms with van der Waals surface area (Å²) in [6.45, 7) is 11.8. The summed E-state index contributed by atoms with van der Waals surface area (Å²) in [6.07, 6.45) is 2.79. The van der Waals surface area contributed by atoms with Gasteiger partial charge < -0.3 is 29.2 Å².